The third-order valence-electron chi connectivity index (χ3n) is 0.829. The minimum Gasteiger partial charge on any atom is -0.300 e. The molecular weight excluding hydrogens is 188 g/mol. The lowest BCUT2D eigenvalue weighted by atomic mass is 10.2. The molecule has 0 aromatic rings. The SMILES string of the molecule is C.C.C.CC.CC.CC(=O)CCC(C)=O.[2HH]. The zero-order valence-electron chi connectivity index (χ0n) is 9.23. The van der Waals surface area contributed by atoms with Crippen molar-refractivity contribution in [3.8, 4) is 0 Å². The van der Waals surface area contributed by atoms with Gasteiger partial charge in [0, 0.05) is 14.3 Å². The lowest BCUT2D eigenvalue weighted by molar-refractivity contribution is -0.122. The third kappa shape index (κ3) is 91.1. The fourth-order valence-corrected chi connectivity index (χ4v) is 0.352. The number of Topliss-reactive ketones (excluding diaryl/α,β-unsaturated/α-hetero) is 2. The highest BCUT2D eigenvalue weighted by molar-refractivity contribution is 5.83. The van der Waals surface area contributed by atoms with Crippen LogP contribution >= 0.6 is 0 Å². The Morgan fingerprint density at radius 2 is 0.867 bits per heavy atom. The lowest BCUT2D eigenvalue weighted by Gasteiger charge is -1.86. The van der Waals surface area contributed by atoms with Crippen molar-refractivity contribution < 1.29 is 11.0 Å². The Kier molecular flexibility index (Phi) is 92.2. The number of carbonyl (C=O) groups is 2. The maximum absolute atomic E-state index is 10.2. The van der Waals surface area contributed by atoms with Crippen molar-refractivity contribution in [2.45, 2.75) is 76.7 Å². The molecule has 0 fully saturated rings. The highest BCUT2D eigenvalue weighted by Gasteiger charge is 1.95. The largest absolute Gasteiger partial charge is 0.300 e. The Bertz CT molecular complexity index is 98.5. The van der Waals surface area contributed by atoms with Gasteiger partial charge in [0.2, 0.25) is 0 Å². The summed E-state index contributed by atoms with van der Waals surface area (Å²) in [5, 5.41) is 0. The minimum absolute atomic E-state index is 0. The zero-order chi connectivity index (χ0) is 10.6. The molecule has 0 aromatic carbocycles. The summed E-state index contributed by atoms with van der Waals surface area (Å²) < 4.78 is 0. The van der Waals surface area contributed by atoms with Crippen molar-refractivity contribution in [1.29, 1.82) is 0 Å². The summed E-state index contributed by atoms with van der Waals surface area (Å²) in [7, 11) is 0. The maximum Gasteiger partial charge on any atom is 0.130 e. The van der Waals surface area contributed by atoms with Gasteiger partial charge < -0.3 is 9.59 Å². The van der Waals surface area contributed by atoms with Crippen LogP contribution in [0.25, 0.3) is 0 Å². The van der Waals surface area contributed by atoms with Gasteiger partial charge in [0.15, 0.2) is 0 Å². The molecule has 2 heteroatoms. The van der Waals surface area contributed by atoms with Crippen LogP contribution in [0.2, 0.25) is 0 Å². The quantitative estimate of drug-likeness (QED) is 0.665. The van der Waals surface area contributed by atoms with Gasteiger partial charge in [-0.1, -0.05) is 50.0 Å². The average molecular weight is 225 g/mol. The van der Waals surface area contributed by atoms with Crippen LogP contribution in [0.5, 0.6) is 0 Å². The average Bonchev–Trinajstić information content (AvgIpc) is 2.08. The molecule has 15 heavy (non-hydrogen) atoms. The second-order valence-corrected chi connectivity index (χ2v) is 1.90. The number of carbonyl (C=O) groups excluding carboxylic acids is 2. The van der Waals surface area contributed by atoms with Gasteiger partial charge >= 0.3 is 0 Å². The van der Waals surface area contributed by atoms with Crippen molar-refractivity contribution in [3.63, 3.8) is 0 Å². The molecule has 0 saturated heterocycles. The second kappa shape index (κ2) is 37.7. The molecule has 0 heterocycles. The van der Waals surface area contributed by atoms with E-state index in [-0.39, 0.29) is 35.3 Å². The van der Waals surface area contributed by atoms with E-state index in [0.717, 1.165) is 0 Å². The van der Waals surface area contributed by atoms with Crippen molar-refractivity contribution in [1.82, 2.24) is 0 Å². The summed E-state index contributed by atoms with van der Waals surface area (Å²) in [5.41, 5.74) is 0. The van der Waals surface area contributed by atoms with Crippen LogP contribution in [0.3, 0.4) is 0 Å². The van der Waals surface area contributed by atoms with E-state index in [4.69, 9.17) is 0 Å². The Labute approximate surface area is 100.0 Å². The number of hydrogen-bond donors (Lipinski definition) is 0. The number of rotatable bonds is 3. The summed E-state index contributed by atoms with van der Waals surface area (Å²) in [5.74, 6) is 0.167. The van der Waals surface area contributed by atoms with E-state index in [9.17, 15) is 9.59 Å². The third-order valence-corrected chi connectivity index (χ3v) is 0.829. The van der Waals surface area contributed by atoms with Crippen LogP contribution in [-0.2, 0) is 9.59 Å². The summed E-state index contributed by atoms with van der Waals surface area (Å²) in [4.78, 5) is 20.4. The van der Waals surface area contributed by atoms with Gasteiger partial charge in [0.05, 0.1) is 0 Å². The summed E-state index contributed by atoms with van der Waals surface area (Å²) in [6, 6.07) is 0. The van der Waals surface area contributed by atoms with Crippen molar-refractivity contribution in [2.75, 3.05) is 0 Å². The Morgan fingerprint density at radius 3 is 0.933 bits per heavy atom. The predicted octanol–water partition coefficient (Wildman–Crippen LogP) is 5.15. The Hall–Kier alpha value is -0.660. The van der Waals surface area contributed by atoms with E-state index < -0.39 is 0 Å². The molecule has 0 rings (SSSR count). The van der Waals surface area contributed by atoms with E-state index >= 15 is 0 Å². The van der Waals surface area contributed by atoms with Crippen LogP contribution in [0.15, 0.2) is 0 Å². The molecular formula is C13H36O2. The standard InChI is InChI=1S/C6H10O2.2C2H6.3CH4.H2/c1-5(7)3-4-6(2)8;2*1-2;;;;/h3-4H2,1-2H3;2*1-2H3;3*1H4;1H/i;;;;;;1+1. The molecule has 0 radical (unpaired) electrons. The van der Waals surface area contributed by atoms with Crippen LogP contribution < -0.4 is 0 Å². The van der Waals surface area contributed by atoms with Gasteiger partial charge in [-0.05, 0) is 13.8 Å². The molecule has 0 aliphatic heterocycles. The van der Waals surface area contributed by atoms with E-state index in [1.807, 2.05) is 27.7 Å². The summed E-state index contributed by atoms with van der Waals surface area (Å²) in [6.45, 7) is 11.0. The second-order valence-electron chi connectivity index (χ2n) is 1.90. The monoisotopic (exact) mass is 225 g/mol. The van der Waals surface area contributed by atoms with Gasteiger partial charge in [-0.15, -0.1) is 0 Å². The predicted molar refractivity (Wildman–Crippen MR) is 75.6 cm³/mol. The van der Waals surface area contributed by atoms with Gasteiger partial charge in [0.25, 0.3) is 0 Å². The van der Waals surface area contributed by atoms with E-state index in [1.165, 1.54) is 13.8 Å². The number of ketones is 2. The van der Waals surface area contributed by atoms with Crippen LogP contribution in [0.4, 0.5) is 0 Å². The maximum atomic E-state index is 10.2. The molecule has 0 aromatic heterocycles. The van der Waals surface area contributed by atoms with Gasteiger partial charge in [-0.2, -0.15) is 0 Å². The first-order chi connectivity index (χ1) is 5.63. The summed E-state index contributed by atoms with van der Waals surface area (Å²) in [6.07, 6.45) is 0.796. The minimum atomic E-state index is 0. The van der Waals surface area contributed by atoms with Crippen molar-refractivity contribution in [2.24, 2.45) is 0 Å². The molecule has 0 bridgehead atoms. The fraction of sp³-hybridized carbons (Fsp3) is 0.846. The Morgan fingerprint density at radius 1 is 0.733 bits per heavy atom. The molecule has 100 valence electrons. The number of hydrogen-bond acceptors (Lipinski definition) is 2. The first-order valence-electron chi connectivity index (χ1n) is 4.62. The Balaban J connectivity index is -0.0000000183. The van der Waals surface area contributed by atoms with Crippen LogP contribution in [0, 0.1) is 0 Å². The molecule has 0 unspecified atom stereocenters. The molecule has 0 amide bonds. The smallest absolute Gasteiger partial charge is 0.130 e. The van der Waals surface area contributed by atoms with E-state index in [2.05, 4.69) is 0 Å². The summed E-state index contributed by atoms with van der Waals surface area (Å²) >= 11 is 0. The van der Waals surface area contributed by atoms with Crippen molar-refractivity contribution >= 4 is 11.6 Å². The van der Waals surface area contributed by atoms with Crippen LogP contribution in [-0.4, -0.2) is 11.6 Å². The zero-order valence-corrected chi connectivity index (χ0v) is 9.23. The lowest BCUT2D eigenvalue weighted by Crippen LogP contribution is -1.95. The molecule has 0 aliphatic carbocycles. The highest BCUT2D eigenvalue weighted by atomic mass is 16.1. The van der Waals surface area contributed by atoms with Crippen molar-refractivity contribution in [3.05, 3.63) is 0 Å². The first kappa shape index (κ1) is 36.7. The molecule has 0 atom stereocenters. The molecule has 0 spiro atoms. The normalized spacial score (nSPS) is 5.47. The highest BCUT2D eigenvalue weighted by Crippen LogP contribution is 1.89. The molecule has 0 aliphatic rings. The van der Waals surface area contributed by atoms with Gasteiger partial charge in [-0.3, -0.25) is 0 Å². The molecule has 0 N–H and O–H groups in total. The van der Waals surface area contributed by atoms with Gasteiger partial charge in [-0.25, -0.2) is 0 Å². The topological polar surface area (TPSA) is 34.1 Å². The van der Waals surface area contributed by atoms with E-state index in [1.54, 1.807) is 0 Å². The molecule has 0 saturated carbocycles. The first-order valence-corrected chi connectivity index (χ1v) is 4.62. The van der Waals surface area contributed by atoms with E-state index in [0.29, 0.717) is 12.8 Å². The fourth-order valence-electron chi connectivity index (χ4n) is 0.352. The van der Waals surface area contributed by atoms with Gasteiger partial charge in [0.1, 0.15) is 11.6 Å². The molecule has 2 nitrogen and oxygen atoms in total. The van der Waals surface area contributed by atoms with Crippen LogP contribution in [0.1, 0.15) is 78.1 Å².